The van der Waals surface area contributed by atoms with Crippen LogP contribution in [0.5, 0.6) is 0 Å². The Bertz CT molecular complexity index is 489. The van der Waals surface area contributed by atoms with E-state index in [1.165, 1.54) is 6.92 Å². The lowest BCUT2D eigenvalue weighted by atomic mass is 10.2. The van der Waals surface area contributed by atoms with Gasteiger partial charge in [-0.25, -0.2) is 0 Å². The summed E-state index contributed by atoms with van der Waals surface area (Å²) in [5, 5.41) is 23.3. The third-order valence-corrected chi connectivity index (χ3v) is 3.80. The number of β-amino-alcohol motifs (C(OH)–C–C–N with tert-alkyl or cyclic N) is 1. The van der Waals surface area contributed by atoms with Gasteiger partial charge >= 0.3 is 0 Å². The van der Waals surface area contributed by atoms with Crippen molar-refractivity contribution in [2.24, 2.45) is 0 Å². The largest absolute Gasteiger partial charge is 0.394 e. The van der Waals surface area contributed by atoms with Gasteiger partial charge in [0, 0.05) is 51.4 Å². The Hall–Kier alpha value is -1.44. The summed E-state index contributed by atoms with van der Waals surface area (Å²) in [7, 11) is 0. The number of nitrogens with zero attached hydrogens (tertiary/aromatic N) is 4. The van der Waals surface area contributed by atoms with Gasteiger partial charge in [-0.15, -0.1) is 0 Å². The second-order valence-electron chi connectivity index (χ2n) is 5.58. The number of aromatic nitrogens is 2. The highest BCUT2D eigenvalue weighted by Crippen LogP contribution is 2.12. The molecule has 2 heterocycles. The van der Waals surface area contributed by atoms with E-state index in [9.17, 15) is 9.90 Å². The van der Waals surface area contributed by atoms with Crippen molar-refractivity contribution in [1.29, 1.82) is 0 Å². The Morgan fingerprint density at radius 1 is 1.43 bits per heavy atom. The van der Waals surface area contributed by atoms with Gasteiger partial charge in [-0.3, -0.25) is 14.4 Å². The van der Waals surface area contributed by atoms with Crippen molar-refractivity contribution in [2.75, 3.05) is 32.8 Å². The lowest BCUT2D eigenvalue weighted by Gasteiger charge is -2.20. The lowest BCUT2D eigenvalue weighted by molar-refractivity contribution is -0.129. The number of aliphatic hydroxyl groups excluding tert-OH is 2. The first-order valence-corrected chi connectivity index (χ1v) is 7.29. The SMILES string of the molecule is CC(=O)N1CCN(Cc2cn(CCO)nc2C)CC(O)C1. The van der Waals surface area contributed by atoms with Gasteiger partial charge in [-0.05, 0) is 6.92 Å². The van der Waals surface area contributed by atoms with Gasteiger partial charge in [0.25, 0.3) is 0 Å². The predicted octanol–water partition coefficient (Wildman–Crippen LogP) is -0.791. The second-order valence-corrected chi connectivity index (χ2v) is 5.58. The molecule has 1 aromatic heterocycles. The number of amides is 1. The molecule has 1 saturated heterocycles. The molecule has 0 aromatic carbocycles. The molecule has 2 rings (SSSR count). The maximum atomic E-state index is 11.5. The van der Waals surface area contributed by atoms with Crippen molar-refractivity contribution < 1.29 is 15.0 Å². The maximum Gasteiger partial charge on any atom is 0.219 e. The molecule has 118 valence electrons. The maximum absolute atomic E-state index is 11.5. The third kappa shape index (κ3) is 4.26. The van der Waals surface area contributed by atoms with Crippen LogP contribution in [0.25, 0.3) is 0 Å². The van der Waals surface area contributed by atoms with E-state index in [-0.39, 0.29) is 12.5 Å². The fourth-order valence-electron chi connectivity index (χ4n) is 2.66. The van der Waals surface area contributed by atoms with E-state index in [1.54, 1.807) is 9.58 Å². The monoisotopic (exact) mass is 296 g/mol. The first-order chi connectivity index (χ1) is 9.99. The van der Waals surface area contributed by atoms with Gasteiger partial charge in [0.1, 0.15) is 0 Å². The van der Waals surface area contributed by atoms with Crippen LogP contribution >= 0.6 is 0 Å². The molecular formula is C14H24N4O3. The molecule has 1 unspecified atom stereocenters. The van der Waals surface area contributed by atoms with E-state index in [0.29, 0.717) is 32.7 Å². The molecule has 7 nitrogen and oxygen atoms in total. The van der Waals surface area contributed by atoms with Crippen LogP contribution in [0.4, 0.5) is 0 Å². The van der Waals surface area contributed by atoms with E-state index in [2.05, 4.69) is 10.00 Å². The van der Waals surface area contributed by atoms with Crippen LogP contribution in [0.3, 0.4) is 0 Å². The molecule has 2 N–H and O–H groups in total. The highest BCUT2D eigenvalue weighted by molar-refractivity contribution is 5.73. The quantitative estimate of drug-likeness (QED) is 0.761. The van der Waals surface area contributed by atoms with E-state index in [0.717, 1.165) is 17.8 Å². The summed E-state index contributed by atoms with van der Waals surface area (Å²) < 4.78 is 1.74. The molecule has 1 aromatic rings. The first kappa shape index (κ1) is 15.9. The number of hydrogen-bond acceptors (Lipinski definition) is 5. The highest BCUT2D eigenvalue weighted by atomic mass is 16.3. The number of carbonyl (C=O) groups is 1. The minimum Gasteiger partial charge on any atom is -0.394 e. The van der Waals surface area contributed by atoms with Gasteiger partial charge < -0.3 is 15.1 Å². The van der Waals surface area contributed by atoms with Crippen LogP contribution in [0.2, 0.25) is 0 Å². The predicted molar refractivity (Wildman–Crippen MR) is 77.6 cm³/mol. The fraction of sp³-hybridized carbons (Fsp3) is 0.714. The summed E-state index contributed by atoms with van der Waals surface area (Å²) in [5.41, 5.74) is 2.03. The van der Waals surface area contributed by atoms with Crippen molar-refractivity contribution in [3.05, 3.63) is 17.5 Å². The number of aliphatic hydroxyl groups is 2. The van der Waals surface area contributed by atoms with Gasteiger partial charge in [-0.1, -0.05) is 0 Å². The summed E-state index contributed by atoms with van der Waals surface area (Å²) in [6.07, 6.45) is 1.41. The Kier molecular flexibility index (Phi) is 5.33. The number of carbonyl (C=O) groups excluding carboxylic acids is 1. The van der Waals surface area contributed by atoms with Gasteiger partial charge in [0.05, 0.1) is 24.9 Å². The Morgan fingerprint density at radius 3 is 2.86 bits per heavy atom. The van der Waals surface area contributed by atoms with Crippen LogP contribution in [0, 0.1) is 6.92 Å². The number of hydrogen-bond donors (Lipinski definition) is 2. The molecule has 0 saturated carbocycles. The Morgan fingerprint density at radius 2 is 2.19 bits per heavy atom. The summed E-state index contributed by atoms with van der Waals surface area (Å²) in [6, 6.07) is 0. The zero-order chi connectivity index (χ0) is 15.4. The lowest BCUT2D eigenvalue weighted by Crippen LogP contribution is -2.36. The molecular weight excluding hydrogens is 272 g/mol. The van der Waals surface area contributed by atoms with E-state index < -0.39 is 6.10 Å². The minimum atomic E-state index is -0.524. The standard InChI is InChI=1S/C14H24N4O3/c1-11-13(8-18(15-11)5-6-19)7-16-3-4-17(12(2)20)10-14(21)9-16/h8,14,19,21H,3-7,9-10H2,1-2H3. The molecule has 0 spiro atoms. The molecule has 21 heavy (non-hydrogen) atoms. The highest BCUT2D eigenvalue weighted by Gasteiger charge is 2.23. The minimum absolute atomic E-state index is 0.00264. The molecule has 0 radical (unpaired) electrons. The van der Waals surface area contributed by atoms with Crippen LogP contribution in [-0.4, -0.2) is 74.6 Å². The molecule has 1 amide bonds. The average Bonchev–Trinajstić information content (AvgIpc) is 2.63. The number of rotatable bonds is 4. The second kappa shape index (κ2) is 7.02. The molecule has 1 atom stereocenters. The van der Waals surface area contributed by atoms with Crippen LogP contribution < -0.4 is 0 Å². The normalized spacial score (nSPS) is 20.6. The zero-order valence-corrected chi connectivity index (χ0v) is 12.7. The summed E-state index contributed by atoms with van der Waals surface area (Å²) in [4.78, 5) is 15.3. The Balaban J connectivity index is 2.00. The van der Waals surface area contributed by atoms with Crippen LogP contribution in [0.1, 0.15) is 18.2 Å². The summed E-state index contributed by atoms with van der Waals surface area (Å²) in [6.45, 7) is 7.05. The van der Waals surface area contributed by atoms with Crippen molar-refractivity contribution in [3.8, 4) is 0 Å². The van der Waals surface area contributed by atoms with Crippen LogP contribution in [0.15, 0.2) is 6.20 Å². The summed E-state index contributed by atoms with van der Waals surface area (Å²) >= 11 is 0. The Labute approximate surface area is 124 Å². The fourth-order valence-corrected chi connectivity index (χ4v) is 2.66. The van der Waals surface area contributed by atoms with Crippen molar-refractivity contribution >= 4 is 5.91 Å². The van der Waals surface area contributed by atoms with Gasteiger partial charge in [0.2, 0.25) is 5.91 Å². The van der Waals surface area contributed by atoms with E-state index in [4.69, 9.17) is 5.11 Å². The molecule has 1 fully saturated rings. The molecule has 0 aliphatic carbocycles. The summed E-state index contributed by atoms with van der Waals surface area (Å²) in [5.74, 6) is 0.00264. The van der Waals surface area contributed by atoms with Crippen molar-refractivity contribution in [2.45, 2.75) is 33.0 Å². The zero-order valence-electron chi connectivity index (χ0n) is 12.7. The first-order valence-electron chi connectivity index (χ1n) is 7.29. The van der Waals surface area contributed by atoms with E-state index >= 15 is 0 Å². The van der Waals surface area contributed by atoms with E-state index in [1.807, 2.05) is 13.1 Å². The smallest absolute Gasteiger partial charge is 0.219 e. The topological polar surface area (TPSA) is 81.8 Å². The molecule has 1 aliphatic rings. The molecule has 7 heteroatoms. The van der Waals surface area contributed by atoms with Gasteiger partial charge in [0.15, 0.2) is 0 Å². The number of aryl methyl sites for hydroxylation is 1. The van der Waals surface area contributed by atoms with Crippen molar-refractivity contribution in [1.82, 2.24) is 19.6 Å². The average molecular weight is 296 g/mol. The van der Waals surface area contributed by atoms with Crippen molar-refractivity contribution in [3.63, 3.8) is 0 Å². The third-order valence-electron chi connectivity index (χ3n) is 3.80. The van der Waals surface area contributed by atoms with Gasteiger partial charge in [-0.2, -0.15) is 5.10 Å². The molecule has 0 bridgehead atoms. The van der Waals surface area contributed by atoms with Crippen LogP contribution in [-0.2, 0) is 17.9 Å². The molecule has 1 aliphatic heterocycles.